The lowest BCUT2D eigenvalue weighted by Gasteiger charge is -2.38. The van der Waals surface area contributed by atoms with Gasteiger partial charge >= 0.3 is 0 Å². The molecule has 6 nitrogen and oxygen atoms in total. The monoisotopic (exact) mass is 366 g/mol. The third kappa shape index (κ3) is 2.61. The van der Waals surface area contributed by atoms with Gasteiger partial charge in [0.05, 0.1) is 6.61 Å². The van der Waals surface area contributed by atoms with Gasteiger partial charge in [-0.2, -0.15) is 0 Å². The van der Waals surface area contributed by atoms with Gasteiger partial charge in [0.25, 0.3) is 0 Å². The first-order chi connectivity index (χ1) is 12.6. The summed E-state index contributed by atoms with van der Waals surface area (Å²) in [5, 5.41) is 11.4. The van der Waals surface area contributed by atoms with Crippen LogP contribution in [0.25, 0.3) is 0 Å². The average Bonchev–Trinajstić information content (AvgIpc) is 3.29. The summed E-state index contributed by atoms with van der Waals surface area (Å²) >= 11 is 0. The zero-order valence-corrected chi connectivity index (χ0v) is 15.4. The van der Waals surface area contributed by atoms with Crippen molar-refractivity contribution in [2.24, 2.45) is 0 Å². The fraction of sp³-hybridized carbons (Fsp3) is 0.900. The summed E-state index contributed by atoms with van der Waals surface area (Å²) in [7, 11) is 0. The molecule has 0 unspecified atom stereocenters. The molecule has 0 bridgehead atoms. The van der Waals surface area contributed by atoms with Gasteiger partial charge in [-0.15, -0.1) is 6.58 Å². The van der Waals surface area contributed by atoms with E-state index in [9.17, 15) is 5.11 Å². The fourth-order valence-electron chi connectivity index (χ4n) is 5.44. The zero-order valence-electron chi connectivity index (χ0n) is 15.4. The summed E-state index contributed by atoms with van der Waals surface area (Å²) in [6, 6.07) is 0. The standard InChI is InChI=1S/C20H30O6/c1-2-20(21)15(14-13-22-18(24-14)9-5-3-6-10-18)23-17-16(20)25-19(26-17)11-7-4-8-12-19/h2,14-17,21H,1,3-13H2/t14-,15-,16+,17-,20-/m1/s1. The molecule has 26 heavy (non-hydrogen) atoms. The van der Waals surface area contributed by atoms with Crippen molar-refractivity contribution < 1.29 is 28.8 Å². The maximum absolute atomic E-state index is 11.4. The Bertz CT molecular complexity index is 553. The Morgan fingerprint density at radius 3 is 2.12 bits per heavy atom. The number of aliphatic hydroxyl groups is 1. The molecule has 0 aromatic rings. The van der Waals surface area contributed by atoms with Crippen LogP contribution < -0.4 is 0 Å². The molecule has 6 heteroatoms. The van der Waals surface area contributed by atoms with E-state index in [-0.39, 0.29) is 6.10 Å². The predicted molar refractivity (Wildman–Crippen MR) is 92.2 cm³/mol. The SMILES string of the molecule is C=C[C@@]1(O)[C@@H]([C@H]2COC3(CCCCC3)O2)O[C@@H]2OC3(CCCCC3)O[C@@H]21. The molecule has 5 fully saturated rings. The molecule has 146 valence electrons. The van der Waals surface area contributed by atoms with E-state index in [0.29, 0.717) is 6.61 Å². The second-order valence-corrected chi connectivity index (χ2v) is 8.58. The Kier molecular flexibility index (Phi) is 4.23. The maximum Gasteiger partial charge on any atom is 0.191 e. The Labute approximate surface area is 154 Å². The quantitative estimate of drug-likeness (QED) is 0.758. The molecule has 5 rings (SSSR count). The van der Waals surface area contributed by atoms with Crippen LogP contribution in [-0.4, -0.2) is 53.5 Å². The predicted octanol–water partition coefficient (Wildman–Crippen LogP) is 2.78. The van der Waals surface area contributed by atoms with Crippen LogP contribution in [0.15, 0.2) is 12.7 Å². The number of hydrogen-bond acceptors (Lipinski definition) is 6. The molecule has 0 amide bonds. The highest BCUT2D eigenvalue weighted by molar-refractivity contribution is 5.17. The molecule has 0 radical (unpaired) electrons. The van der Waals surface area contributed by atoms with Crippen molar-refractivity contribution in [1.29, 1.82) is 0 Å². The average molecular weight is 366 g/mol. The Balaban J connectivity index is 1.33. The van der Waals surface area contributed by atoms with E-state index < -0.39 is 35.7 Å². The van der Waals surface area contributed by atoms with Gasteiger partial charge in [0.1, 0.15) is 23.9 Å². The molecule has 0 aromatic carbocycles. The molecule has 1 N–H and O–H groups in total. The van der Waals surface area contributed by atoms with Gasteiger partial charge in [-0.25, -0.2) is 0 Å². The van der Waals surface area contributed by atoms with Gasteiger partial charge in [0.2, 0.25) is 0 Å². The van der Waals surface area contributed by atoms with Crippen molar-refractivity contribution in [2.75, 3.05) is 6.61 Å². The van der Waals surface area contributed by atoms with E-state index in [2.05, 4.69) is 6.58 Å². The molecule has 0 aromatic heterocycles. The molecule has 3 saturated heterocycles. The topological polar surface area (TPSA) is 66.4 Å². The lowest BCUT2D eigenvalue weighted by molar-refractivity contribution is -0.267. The summed E-state index contributed by atoms with van der Waals surface area (Å²) < 4.78 is 31.0. The normalized spacial score (nSPS) is 46.7. The molecule has 3 aliphatic heterocycles. The highest BCUT2D eigenvalue weighted by atomic mass is 16.8. The largest absolute Gasteiger partial charge is 0.380 e. The maximum atomic E-state index is 11.4. The molecular weight excluding hydrogens is 336 g/mol. The first kappa shape index (κ1) is 17.6. The van der Waals surface area contributed by atoms with Gasteiger partial charge in [-0.1, -0.05) is 18.9 Å². The van der Waals surface area contributed by atoms with Crippen LogP contribution in [0.2, 0.25) is 0 Å². The highest BCUT2D eigenvalue weighted by Gasteiger charge is 2.66. The highest BCUT2D eigenvalue weighted by Crippen LogP contribution is 2.51. The van der Waals surface area contributed by atoms with Crippen molar-refractivity contribution in [3.05, 3.63) is 12.7 Å². The third-order valence-electron chi connectivity index (χ3n) is 6.88. The lowest BCUT2D eigenvalue weighted by atomic mass is 9.89. The minimum Gasteiger partial charge on any atom is -0.380 e. The Morgan fingerprint density at radius 1 is 0.808 bits per heavy atom. The summed E-state index contributed by atoms with van der Waals surface area (Å²) in [6.45, 7) is 4.29. The second-order valence-electron chi connectivity index (χ2n) is 8.58. The summed E-state index contributed by atoms with van der Waals surface area (Å²) in [5.74, 6) is -1.11. The van der Waals surface area contributed by atoms with Gasteiger partial charge in [-0.05, 0) is 25.7 Å². The minimum absolute atomic E-state index is 0.337. The molecule has 2 aliphatic carbocycles. The minimum atomic E-state index is -1.33. The molecule has 5 atom stereocenters. The number of hydrogen-bond donors (Lipinski definition) is 1. The third-order valence-corrected chi connectivity index (χ3v) is 6.88. The smallest absolute Gasteiger partial charge is 0.191 e. The molecule has 5 aliphatic rings. The molecule has 3 heterocycles. The van der Waals surface area contributed by atoms with Crippen LogP contribution in [0, 0.1) is 0 Å². The summed E-state index contributed by atoms with van der Waals surface area (Å²) in [6.07, 6.45) is 9.83. The molecular formula is C20H30O6. The fourth-order valence-corrected chi connectivity index (χ4v) is 5.44. The van der Waals surface area contributed by atoms with E-state index in [1.165, 1.54) is 12.8 Å². The van der Waals surface area contributed by atoms with Gasteiger partial charge in [0.15, 0.2) is 17.9 Å². The summed E-state index contributed by atoms with van der Waals surface area (Å²) in [5.41, 5.74) is -1.33. The Morgan fingerprint density at radius 2 is 1.46 bits per heavy atom. The Hall–Kier alpha value is -0.500. The van der Waals surface area contributed by atoms with E-state index in [1.807, 2.05) is 0 Å². The van der Waals surface area contributed by atoms with Crippen LogP contribution in [0.4, 0.5) is 0 Å². The van der Waals surface area contributed by atoms with Crippen molar-refractivity contribution in [3.8, 4) is 0 Å². The zero-order chi connectivity index (χ0) is 17.8. The number of rotatable bonds is 2. The van der Waals surface area contributed by atoms with Crippen LogP contribution in [0.1, 0.15) is 64.2 Å². The van der Waals surface area contributed by atoms with Crippen molar-refractivity contribution in [1.82, 2.24) is 0 Å². The molecule has 2 saturated carbocycles. The van der Waals surface area contributed by atoms with Gasteiger partial charge in [-0.3, -0.25) is 0 Å². The van der Waals surface area contributed by atoms with E-state index in [4.69, 9.17) is 23.7 Å². The first-order valence-electron chi connectivity index (χ1n) is 10.3. The van der Waals surface area contributed by atoms with Crippen molar-refractivity contribution >= 4 is 0 Å². The summed E-state index contributed by atoms with van der Waals surface area (Å²) in [4.78, 5) is 0. The number of ether oxygens (including phenoxy) is 5. The van der Waals surface area contributed by atoms with Crippen LogP contribution in [0.5, 0.6) is 0 Å². The lowest BCUT2D eigenvalue weighted by Crippen LogP contribution is -2.53. The van der Waals surface area contributed by atoms with Gasteiger partial charge in [0, 0.05) is 25.7 Å². The first-order valence-corrected chi connectivity index (χ1v) is 10.3. The van der Waals surface area contributed by atoms with E-state index in [1.54, 1.807) is 6.08 Å². The van der Waals surface area contributed by atoms with E-state index in [0.717, 1.165) is 51.4 Å². The van der Waals surface area contributed by atoms with Crippen molar-refractivity contribution in [2.45, 2.75) is 106 Å². The molecule has 2 spiro atoms. The van der Waals surface area contributed by atoms with Crippen LogP contribution >= 0.6 is 0 Å². The van der Waals surface area contributed by atoms with Crippen molar-refractivity contribution in [3.63, 3.8) is 0 Å². The van der Waals surface area contributed by atoms with Gasteiger partial charge < -0.3 is 28.8 Å². The second kappa shape index (κ2) is 6.26. The number of fused-ring (bicyclic) bond motifs is 1. The van der Waals surface area contributed by atoms with Crippen LogP contribution in [0.3, 0.4) is 0 Å². The van der Waals surface area contributed by atoms with E-state index >= 15 is 0 Å². The van der Waals surface area contributed by atoms with Crippen LogP contribution in [-0.2, 0) is 23.7 Å².